The number of halogens is 3. The summed E-state index contributed by atoms with van der Waals surface area (Å²) < 4.78 is 0. The van der Waals surface area contributed by atoms with E-state index >= 15 is 0 Å². The molecule has 3 heteroatoms. The van der Waals surface area contributed by atoms with Crippen LogP contribution < -0.4 is 0 Å². The molecule has 0 radical (unpaired) electrons. The Morgan fingerprint density at radius 1 is 0.889 bits per heavy atom. The third-order valence-electron chi connectivity index (χ3n) is 0.824. The third kappa shape index (κ3) is 2.44. The molecular weight excluding hydrogens is 178 g/mol. The van der Waals surface area contributed by atoms with E-state index in [4.69, 9.17) is 23.2 Å². The van der Waals surface area contributed by atoms with E-state index in [1.165, 1.54) is 0 Å². The standard InChI is InChI=1S/C6H4Cl2.ClH/c7-5-3-1-2-4-6(5)8;/h1-4H;1H. The van der Waals surface area contributed by atoms with Crippen LogP contribution in [0, 0.1) is 0 Å². The van der Waals surface area contributed by atoms with Gasteiger partial charge in [0.15, 0.2) is 0 Å². The molecular formula is C6H5Cl3. The molecule has 0 aromatic heterocycles. The van der Waals surface area contributed by atoms with Gasteiger partial charge in [0.25, 0.3) is 0 Å². The maximum Gasteiger partial charge on any atom is 0.0592 e. The molecule has 0 aliphatic rings. The lowest BCUT2D eigenvalue weighted by Gasteiger charge is -1.88. The second kappa shape index (κ2) is 3.99. The van der Waals surface area contributed by atoms with Crippen LogP contribution in [0.3, 0.4) is 0 Å². The van der Waals surface area contributed by atoms with Crippen LogP contribution in [0.4, 0.5) is 0 Å². The van der Waals surface area contributed by atoms with E-state index < -0.39 is 0 Å². The Labute approximate surface area is 70.2 Å². The number of benzene rings is 1. The highest BCUT2D eigenvalue weighted by molar-refractivity contribution is 6.41. The quantitative estimate of drug-likeness (QED) is 0.578. The zero-order valence-corrected chi connectivity index (χ0v) is 6.80. The van der Waals surface area contributed by atoms with Gasteiger partial charge in [-0.15, -0.1) is 12.4 Å². The molecule has 0 saturated carbocycles. The van der Waals surface area contributed by atoms with Crippen LogP contribution in [-0.2, 0) is 0 Å². The molecule has 1 rings (SSSR count). The molecule has 0 spiro atoms. The molecule has 0 amide bonds. The molecule has 0 unspecified atom stereocenters. The minimum atomic E-state index is 0. The van der Waals surface area contributed by atoms with Crippen molar-refractivity contribution >= 4 is 35.6 Å². The Kier molecular flexibility index (Phi) is 4.03. The van der Waals surface area contributed by atoms with E-state index in [1.807, 2.05) is 12.1 Å². The van der Waals surface area contributed by atoms with Gasteiger partial charge in [0.05, 0.1) is 10.0 Å². The van der Waals surface area contributed by atoms with E-state index in [0.717, 1.165) is 0 Å². The first-order valence-corrected chi connectivity index (χ1v) is 2.96. The van der Waals surface area contributed by atoms with Gasteiger partial charge in [-0.1, -0.05) is 35.3 Å². The van der Waals surface area contributed by atoms with Crippen molar-refractivity contribution in [3.63, 3.8) is 0 Å². The predicted octanol–water partition coefficient (Wildman–Crippen LogP) is 3.42. The van der Waals surface area contributed by atoms with Crippen LogP contribution in [0.25, 0.3) is 0 Å². The van der Waals surface area contributed by atoms with Crippen LogP contribution >= 0.6 is 35.6 Å². The monoisotopic (exact) mass is 182 g/mol. The molecule has 50 valence electrons. The summed E-state index contributed by atoms with van der Waals surface area (Å²) in [4.78, 5) is 0. The molecule has 0 heterocycles. The van der Waals surface area contributed by atoms with Crippen LogP contribution in [0.5, 0.6) is 0 Å². The minimum Gasteiger partial charge on any atom is -0.147 e. The highest BCUT2D eigenvalue weighted by Gasteiger charge is 1.89. The first-order valence-electron chi connectivity index (χ1n) is 2.21. The molecule has 9 heavy (non-hydrogen) atoms. The Hall–Kier alpha value is 0.0900. The predicted molar refractivity (Wildman–Crippen MR) is 43.7 cm³/mol. The Morgan fingerprint density at radius 3 is 1.44 bits per heavy atom. The van der Waals surface area contributed by atoms with Gasteiger partial charge in [0.1, 0.15) is 0 Å². The van der Waals surface area contributed by atoms with E-state index in [9.17, 15) is 0 Å². The fourth-order valence-electron chi connectivity index (χ4n) is 0.439. The van der Waals surface area contributed by atoms with Crippen molar-refractivity contribution in [3.05, 3.63) is 34.3 Å². The van der Waals surface area contributed by atoms with Crippen molar-refractivity contribution in [2.75, 3.05) is 0 Å². The van der Waals surface area contributed by atoms with E-state index in [0.29, 0.717) is 10.0 Å². The van der Waals surface area contributed by atoms with Crippen molar-refractivity contribution in [2.45, 2.75) is 0 Å². The van der Waals surface area contributed by atoms with E-state index in [1.54, 1.807) is 12.1 Å². The van der Waals surface area contributed by atoms with Gasteiger partial charge in [-0.2, -0.15) is 0 Å². The second-order valence-electron chi connectivity index (χ2n) is 1.41. The topological polar surface area (TPSA) is 0 Å². The van der Waals surface area contributed by atoms with Crippen LogP contribution in [0.1, 0.15) is 0 Å². The van der Waals surface area contributed by atoms with E-state index in [-0.39, 0.29) is 12.4 Å². The number of hydrogen-bond acceptors (Lipinski definition) is 0. The van der Waals surface area contributed by atoms with Crippen LogP contribution in [-0.4, -0.2) is 0 Å². The highest BCUT2D eigenvalue weighted by Crippen LogP contribution is 2.19. The minimum absolute atomic E-state index is 0. The smallest absolute Gasteiger partial charge is 0.0592 e. The van der Waals surface area contributed by atoms with Crippen LogP contribution in [0.2, 0.25) is 10.0 Å². The average molecular weight is 183 g/mol. The Morgan fingerprint density at radius 2 is 1.22 bits per heavy atom. The zero-order chi connectivity index (χ0) is 5.98. The molecule has 0 nitrogen and oxygen atoms in total. The van der Waals surface area contributed by atoms with Crippen molar-refractivity contribution in [3.8, 4) is 0 Å². The fourth-order valence-corrected chi connectivity index (χ4v) is 0.711. The van der Waals surface area contributed by atoms with Crippen LogP contribution in [0.15, 0.2) is 24.3 Å². The summed E-state index contributed by atoms with van der Waals surface area (Å²) in [7, 11) is 0. The molecule has 1 aromatic carbocycles. The van der Waals surface area contributed by atoms with Gasteiger partial charge >= 0.3 is 0 Å². The third-order valence-corrected chi connectivity index (χ3v) is 1.58. The number of rotatable bonds is 0. The maximum atomic E-state index is 5.58. The molecule has 0 aliphatic carbocycles. The van der Waals surface area contributed by atoms with Gasteiger partial charge in [-0.05, 0) is 12.1 Å². The van der Waals surface area contributed by atoms with Gasteiger partial charge in [-0.25, -0.2) is 0 Å². The first-order chi connectivity index (χ1) is 3.80. The lowest BCUT2D eigenvalue weighted by Crippen LogP contribution is -1.62. The summed E-state index contributed by atoms with van der Waals surface area (Å²) in [5, 5.41) is 1.21. The van der Waals surface area contributed by atoms with Gasteiger partial charge in [0.2, 0.25) is 0 Å². The summed E-state index contributed by atoms with van der Waals surface area (Å²) >= 11 is 11.2. The average Bonchev–Trinajstić information content (AvgIpc) is 1.77. The lowest BCUT2D eigenvalue weighted by atomic mass is 10.4. The highest BCUT2D eigenvalue weighted by atomic mass is 35.5. The molecule has 0 fully saturated rings. The van der Waals surface area contributed by atoms with Gasteiger partial charge in [0, 0.05) is 0 Å². The molecule has 0 aliphatic heterocycles. The molecule has 0 saturated heterocycles. The van der Waals surface area contributed by atoms with Crippen molar-refractivity contribution in [1.29, 1.82) is 0 Å². The molecule has 0 N–H and O–H groups in total. The largest absolute Gasteiger partial charge is 0.147 e. The molecule has 0 atom stereocenters. The SMILES string of the molecule is Cl.Clc1ccccc1Cl. The summed E-state index contributed by atoms with van der Waals surface area (Å²) in [6.45, 7) is 0. The van der Waals surface area contributed by atoms with Crippen molar-refractivity contribution in [1.82, 2.24) is 0 Å². The lowest BCUT2D eigenvalue weighted by molar-refractivity contribution is 1.71. The normalized spacial score (nSPS) is 8.22. The second-order valence-corrected chi connectivity index (χ2v) is 2.23. The van der Waals surface area contributed by atoms with Crippen molar-refractivity contribution in [2.24, 2.45) is 0 Å². The van der Waals surface area contributed by atoms with Gasteiger partial charge < -0.3 is 0 Å². The Balaban J connectivity index is 0.000000640. The summed E-state index contributed by atoms with van der Waals surface area (Å²) in [6.07, 6.45) is 0. The van der Waals surface area contributed by atoms with Gasteiger partial charge in [-0.3, -0.25) is 0 Å². The molecule has 1 aromatic rings. The number of hydrogen-bond donors (Lipinski definition) is 0. The fraction of sp³-hybridized carbons (Fsp3) is 0. The molecule has 0 bridgehead atoms. The summed E-state index contributed by atoms with van der Waals surface area (Å²) in [5.41, 5.74) is 0. The zero-order valence-electron chi connectivity index (χ0n) is 4.47. The Bertz CT molecular complexity index is 164. The van der Waals surface area contributed by atoms with Crippen molar-refractivity contribution < 1.29 is 0 Å². The van der Waals surface area contributed by atoms with E-state index in [2.05, 4.69) is 0 Å². The maximum absolute atomic E-state index is 5.58. The summed E-state index contributed by atoms with van der Waals surface area (Å²) in [6, 6.07) is 7.19. The summed E-state index contributed by atoms with van der Waals surface area (Å²) in [5.74, 6) is 0. The first kappa shape index (κ1) is 9.09.